The number of hydrogen-bond donors (Lipinski definition) is 3. The van der Waals surface area contributed by atoms with E-state index >= 15 is 0 Å². The second-order valence-electron chi connectivity index (χ2n) is 5.78. The van der Waals surface area contributed by atoms with E-state index in [0.29, 0.717) is 23.4 Å². The van der Waals surface area contributed by atoms with Crippen LogP contribution in [0.1, 0.15) is 34.7 Å². The number of nitrogens with one attached hydrogen (secondary N) is 2. The van der Waals surface area contributed by atoms with Gasteiger partial charge in [-0.25, -0.2) is 4.99 Å². The molecule has 2 aromatic heterocycles. The summed E-state index contributed by atoms with van der Waals surface area (Å²) in [5.74, 6) is 1.46. The lowest BCUT2D eigenvalue weighted by Gasteiger charge is -2.15. The number of halogens is 1. The van der Waals surface area contributed by atoms with E-state index in [0.717, 1.165) is 34.0 Å². The average Bonchev–Trinajstić information content (AvgIpc) is 3.05. The first-order valence-electron chi connectivity index (χ1n) is 8.40. The largest absolute Gasteiger partial charge is 0.496 e. The van der Waals surface area contributed by atoms with E-state index in [1.54, 1.807) is 19.4 Å². The molecule has 8 heteroatoms. The Morgan fingerprint density at radius 1 is 1.38 bits per heavy atom. The Balaban J connectivity index is 2.04. The highest BCUT2D eigenvalue weighted by molar-refractivity contribution is 7.16. The van der Waals surface area contributed by atoms with Gasteiger partial charge in [0.25, 0.3) is 0 Å². The van der Waals surface area contributed by atoms with Crippen molar-refractivity contribution in [2.45, 2.75) is 33.4 Å². The molecule has 2 rings (SSSR count). The maximum absolute atomic E-state index is 10.3. The van der Waals surface area contributed by atoms with E-state index in [-0.39, 0.29) is 0 Å². The van der Waals surface area contributed by atoms with Crippen LogP contribution in [0.5, 0.6) is 5.75 Å². The first kappa shape index (κ1) is 20.5. The van der Waals surface area contributed by atoms with Gasteiger partial charge in [0.15, 0.2) is 5.96 Å². The minimum atomic E-state index is -0.643. The second kappa shape index (κ2) is 9.75. The van der Waals surface area contributed by atoms with E-state index in [9.17, 15) is 5.11 Å². The minimum Gasteiger partial charge on any atom is -0.496 e. The van der Waals surface area contributed by atoms with Gasteiger partial charge in [0.05, 0.1) is 23.7 Å². The van der Waals surface area contributed by atoms with Crippen LogP contribution in [-0.4, -0.2) is 36.2 Å². The molecule has 0 saturated carbocycles. The lowest BCUT2D eigenvalue weighted by atomic mass is 10.1. The zero-order chi connectivity index (χ0) is 19.1. The fourth-order valence-electron chi connectivity index (χ4n) is 2.53. The van der Waals surface area contributed by atoms with Crippen LogP contribution in [0.15, 0.2) is 23.3 Å². The Hall–Kier alpha value is -1.83. The van der Waals surface area contributed by atoms with Crippen molar-refractivity contribution in [2.24, 2.45) is 4.99 Å². The molecule has 0 aliphatic carbocycles. The number of ether oxygens (including phenoxy) is 1. The van der Waals surface area contributed by atoms with Crippen molar-refractivity contribution in [2.75, 3.05) is 20.2 Å². The van der Waals surface area contributed by atoms with Crippen LogP contribution >= 0.6 is 22.9 Å². The fraction of sp³-hybridized carbons (Fsp3) is 0.444. The molecule has 0 aliphatic rings. The first-order valence-corrected chi connectivity index (χ1v) is 9.60. The van der Waals surface area contributed by atoms with E-state index in [1.165, 1.54) is 11.3 Å². The van der Waals surface area contributed by atoms with Crippen LogP contribution in [0.2, 0.25) is 4.34 Å². The van der Waals surface area contributed by atoms with Crippen molar-refractivity contribution < 1.29 is 9.84 Å². The number of aliphatic hydroxyl groups is 1. The number of hydrogen-bond acceptors (Lipinski definition) is 5. The van der Waals surface area contributed by atoms with E-state index < -0.39 is 6.10 Å². The van der Waals surface area contributed by atoms with Crippen LogP contribution in [0, 0.1) is 13.8 Å². The monoisotopic (exact) mass is 396 g/mol. The maximum atomic E-state index is 10.3. The predicted octanol–water partition coefficient (Wildman–Crippen LogP) is 3.21. The molecule has 0 bridgehead atoms. The summed E-state index contributed by atoms with van der Waals surface area (Å²) in [5.41, 5.74) is 2.84. The van der Waals surface area contributed by atoms with Crippen LogP contribution in [0.4, 0.5) is 0 Å². The number of aliphatic hydroxyl groups excluding tert-OH is 1. The molecule has 0 spiro atoms. The molecular weight excluding hydrogens is 372 g/mol. The molecule has 3 N–H and O–H groups in total. The lowest BCUT2D eigenvalue weighted by Crippen LogP contribution is -2.39. The quantitative estimate of drug-likeness (QED) is 0.494. The van der Waals surface area contributed by atoms with Crippen molar-refractivity contribution in [1.29, 1.82) is 0 Å². The van der Waals surface area contributed by atoms with Crippen LogP contribution in [0.25, 0.3) is 0 Å². The zero-order valence-corrected chi connectivity index (χ0v) is 17.0. The van der Waals surface area contributed by atoms with Gasteiger partial charge in [-0.15, -0.1) is 11.3 Å². The van der Waals surface area contributed by atoms with Crippen molar-refractivity contribution >= 4 is 28.9 Å². The van der Waals surface area contributed by atoms with Crippen molar-refractivity contribution in [3.63, 3.8) is 0 Å². The van der Waals surface area contributed by atoms with Gasteiger partial charge in [-0.05, 0) is 32.9 Å². The van der Waals surface area contributed by atoms with Gasteiger partial charge in [-0.2, -0.15) is 0 Å². The molecule has 0 radical (unpaired) electrons. The molecule has 0 fully saturated rings. The third-order valence-corrected chi connectivity index (χ3v) is 5.20. The van der Waals surface area contributed by atoms with E-state index in [2.05, 4.69) is 20.6 Å². The summed E-state index contributed by atoms with van der Waals surface area (Å²) in [7, 11) is 1.66. The zero-order valence-electron chi connectivity index (χ0n) is 15.5. The number of rotatable bonds is 7. The third-order valence-electron chi connectivity index (χ3n) is 3.87. The number of methoxy groups -OCH3 is 1. The summed E-state index contributed by atoms with van der Waals surface area (Å²) in [6, 6.07) is 3.61. The summed E-state index contributed by atoms with van der Waals surface area (Å²) in [6.07, 6.45) is 1.15. The molecular formula is C18H25ClN4O2S. The fourth-order valence-corrected chi connectivity index (χ4v) is 3.57. The van der Waals surface area contributed by atoms with Crippen molar-refractivity contribution in [3.8, 4) is 5.75 Å². The standard InChI is InChI=1S/C18H25ClN4O2S/c1-5-20-18(23-10-14(24)15-6-7-16(19)26-15)22-9-13-12(3)17(25-4)11(2)8-21-13/h6-8,14,24H,5,9-10H2,1-4H3,(H2,20,22,23). The molecule has 0 saturated heterocycles. The second-order valence-corrected chi connectivity index (χ2v) is 7.53. The summed E-state index contributed by atoms with van der Waals surface area (Å²) in [5, 5.41) is 16.6. The Morgan fingerprint density at radius 2 is 2.15 bits per heavy atom. The van der Waals surface area contributed by atoms with Crippen LogP contribution in [0.3, 0.4) is 0 Å². The number of thiophene rings is 1. The molecule has 0 aromatic carbocycles. The van der Waals surface area contributed by atoms with Crippen LogP contribution < -0.4 is 15.4 Å². The number of aromatic nitrogens is 1. The van der Waals surface area contributed by atoms with Gasteiger partial charge in [-0.1, -0.05) is 11.6 Å². The number of aryl methyl sites for hydroxylation is 1. The summed E-state index contributed by atoms with van der Waals surface area (Å²) >= 11 is 7.29. The summed E-state index contributed by atoms with van der Waals surface area (Å²) in [4.78, 5) is 9.84. The molecule has 142 valence electrons. The summed E-state index contributed by atoms with van der Waals surface area (Å²) < 4.78 is 6.10. The van der Waals surface area contributed by atoms with E-state index in [4.69, 9.17) is 16.3 Å². The SMILES string of the molecule is CCNC(=NCc1ncc(C)c(OC)c1C)NCC(O)c1ccc(Cl)s1. The lowest BCUT2D eigenvalue weighted by molar-refractivity contribution is 0.184. The molecule has 0 amide bonds. The Labute approximate surface area is 163 Å². The molecule has 26 heavy (non-hydrogen) atoms. The summed E-state index contributed by atoms with van der Waals surface area (Å²) in [6.45, 7) is 7.41. The molecule has 2 heterocycles. The molecule has 6 nitrogen and oxygen atoms in total. The minimum absolute atomic E-state index is 0.340. The predicted molar refractivity (Wildman–Crippen MR) is 107 cm³/mol. The van der Waals surface area contributed by atoms with Crippen molar-refractivity contribution in [3.05, 3.63) is 44.4 Å². The average molecular weight is 397 g/mol. The number of pyridine rings is 1. The van der Waals surface area contributed by atoms with Crippen LogP contribution in [-0.2, 0) is 6.54 Å². The highest BCUT2D eigenvalue weighted by Crippen LogP contribution is 2.26. The smallest absolute Gasteiger partial charge is 0.191 e. The van der Waals surface area contributed by atoms with Gasteiger partial charge in [-0.3, -0.25) is 4.98 Å². The Morgan fingerprint density at radius 3 is 2.77 bits per heavy atom. The van der Waals surface area contributed by atoms with Gasteiger partial charge in [0.2, 0.25) is 0 Å². The first-order chi connectivity index (χ1) is 12.5. The number of guanidine groups is 1. The molecule has 0 aliphatic heterocycles. The molecule has 1 atom stereocenters. The Bertz CT molecular complexity index is 764. The normalized spacial score (nSPS) is 12.8. The number of nitrogens with zero attached hydrogens (tertiary/aromatic N) is 2. The van der Waals surface area contributed by atoms with Gasteiger partial charge in [0.1, 0.15) is 11.9 Å². The maximum Gasteiger partial charge on any atom is 0.191 e. The Kier molecular flexibility index (Phi) is 7.68. The molecule has 2 aromatic rings. The van der Waals surface area contributed by atoms with Gasteiger partial charge in [0, 0.05) is 35.3 Å². The van der Waals surface area contributed by atoms with Gasteiger partial charge < -0.3 is 20.5 Å². The van der Waals surface area contributed by atoms with Gasteiger partial charge >= 0.3 is 0 Å². The molecule has 1 unspecified atom stereocenters. The van der Waals surface area contributed by atoms with Crippen molar-refractivity contribution in [1.82, 2.24) is 15.6 Å². The third kappa shape index (κ3) is 5.33. The number of aliphatic imine (C=N–C) groups is 1. The highest BCUT2D eigenvalue weighted by atomic mass is 35.5. The topological polar surface area (TPSA) is 78.8 Å². The van der Waals surface area contributed by atoms with E-state index in [1.807, 2.05) is 26.8 Å². The highest BCUT2D eigenvalue weighted by Gasteiger charge is 2.12.